The third kappa shape index (κ3) is 2.90. The number of nitrogens with zero attached hydrogens (tertiary/aromatic N) is 2. The second-order valence-electron chi connectivity index (χ2n) is 7.64. The quantitative estimate of drug-likeness (QED) is 0.720. The van der Waals surface area contributed by atoms with E-state index in [4.69, 9.17) is 0 Å². The van der Waals surface area contributed by atoms with Gasteiger partial charge in [-0.25, -0.2) is 13.2 Å². The highest BCUT2D eigenvalue weighted by molar-refractivity contribution is 6.04. The third-order valence-corrected chi connectivity index (χ3v) is 5.14. The van der Waals surface area contributed by atoms with Crippen LogP contribution in [0.2, 0.25) is 0 Å². The van der Waals surface area contributed by atoms with Gasteiger partial charge in [0.2, 0.25) is 0 Å². The molecule has 1 aromatic carbocycles. The molecule has 1 spiro atoms. The van der Waals surface area contributed by atoms with Crippen molar-refractivity contribution in [2.45, 2.75) is 26.7 Å². The van der Waals surface area contributed by atoms with Gasteiger partial charge >= 0.3 is 0 Å². The molecule has 0 aromatic heterocycles. The van der Waals surface area contributed by atoms with E-state index >= 15 is 0 Å². The van der Waals surface area contributed by atoms with Gasteiger partial charge in [-0.2, -0.15) is 5.26 Å². The summed E-state index contributed by atoms with van der Waals surface area (Å²) in [6, 6.07) is 2.83. The molecule has 1 aliphatic heterocycles. The lowest BCUT2D eigenvalue weighted by atomic mass is 9.64. The van der Waals surface area contributed by atoms with E-state index in [1.54, 1.807) is 19.9 Å². The van der Waals surface area contributed by atoms with Crippen LogP contribution in [-0.2, 0) is 4.79 Å². The summed E-state index contributed by atoms with van der Waals surface area (Å²) in [6.07, 6.45) is 2.56. The van der Waals surface area contributed by atoms with Gasteiger partial charge < -0.3 is 4.90 Å². The Morgan fingerprint density at radius 3 is 2.50 bits per heavy atom. The molecule has 1 atom stereocenters. The first-order valence-electron chi connectivity index (χ1n) is 8.20. The predicted molar refractivity (Wildman–Crippen MR) is 86.4 cm³/mol. The van der Waals surface area contributed by atoms with Crippen molar-refractivity contribution in [3.05, 3.63) is 46.8 Å². The van der Waals surface area contributed by atoms with Crippen LogP contribution in [0.5, 0.6) is 0 Å². The Bertz CT molecular complexity index is 886. The molecule has 1 fully saturated rings. The van der Waals surface area contributed by atoms with Crippen molar-refractivity contribution >= 4 is 11.7 Å². The summed E-state index contributed by atoms with van der Waals surface area (Å²) in [5.41, 5.74) is -1.77. The molecular formula is C19H17F3N2O2. The van der Waals surface area contributed by atoms with Crippen LogP contribution in [0.1, 0.15) is 37.0 Å². The number of allylic oxidation sites excluding steroid dienone is 1. The molecule has 3 rings (SSSR count). The number of likely N-dealkylation sites (tertiary alicyclic amines) is 1. The van der Waals surface area contributed by atoms with E-state index in [9.17, 15) is 28.0 Å². The Morgan fingerprint density at radius 1 is 1.19 bits per heavy atom. The van der Waals surface area contributed by atoms with Gasteiger partial charge in [-0.1, -0.05) is 19.9 Å². The van der Waals surface area contributed by atoms with Gasteiger partial charge in [-0.05, 0) is 18.9 Å². The Morgan fingerprint density at radius 2 is 1.85 bits per heavy atom. The number of nitriles is 1. The van der Waals surface area contributed by atoms with E-state index in [-0.39, 0.29) is 24.4 Å². The number of carbonyl (C=O) groups excluding carboxylic acids is 2. The molecule has 1 aromatic rings. The number of benzene rings is 1. The first-order valence-corrected chi connectivity index (χ1v) is 8.20. The molecule has 4 nitrogen and oxygen atoms in total. The summed E-state index contributed by atoms with van der Waals surface area (Å²) in [5.74, 6) is -4.74. The maximum atomic E-state index is 13.9. The topological polar surface area (TPSA) is 61.2 Å². The lowest BCUT2D eigenvalue weighted by Crippen LogP contribution is -2.40. The minimum atomic E-state index is -1.36. The van der Waals surface area contributed by atoms with E-state index in [0.29, 0.717) is 25.0 Å². The Balaban J connectivity index is 1.90. The fraction of sp³-hybridized carbons (Fsp3) is 0.421. The van der Waals surface area contributed by atoms with Gasteiger partial charge in [0.25, 0.3) is 5.91 Å². The molecule has 7 heteroatoms. The maximum absolute atomic E-state index is 13.9. The van der Waals surface area contributed by atoms with Crippen molar-refractivity contribution in [1.29, 1.82) is 5.26 Å². The van der Waals surface area contributed by atoms with E-state index < -0.39 is 39.8 Å². The summed E-state index contributed by atoms with van der Waals surface area (Å²) >= 11 is 0. The van der Waals surface area contributed by atoms with Crippen LogP contribution in [-0.4, -0.2) is 29.7 Å². The maximum Gasteiger partial charge on any atom is 0.256 e. The number of rotatable bonds is 1. The second-order valence-corrected chi connectivity index (χ2v) is 7.64. The van der Waals surface area contributed by atoms with Crippen LogP contribution < -0.4 is 0 Å². The van der Waals surface area contributed by atoms with E-state index in [0.717, 1.165) is 0 Å². The largest absolute Gasteiger partial charge is 0.338 e. The number of hydrogen-bond acceptors (Lipinski definition) is 3. The molecule has 0 saturated carbocycles. The molecule has 136 valence electrons. The Labute approximate surface area is 148 Å². The number of amides is 1. The zero-order valence-electron chi connectivity index (χ0n) is 14.4. The summed E-state index contributed by atoms with van der Waals surface area (Å²) < 4.78 is 40.4. The second kappa shape index (κ2) is 5.97. The van der Waals surface area contributed by atoms with Gasteiger partial charge in [0.1, 0.15) is 11.9 Å². The summed E-state index contributed by atoms with van der Waals surface area (Å²) in [5, 5.41) is 9.24. The number of hydrogen-bond donors (Lipinski definition) is 0. The minimum Gasteiger partial charge on any atom is -0.338 e. The molecule has 1 amide bonds. The monoisotopic (exact) mass is 362 g/mol. The molecule has 0 N–H and O–H groups in total. The highest BCUT2D eigenvalue weighted by Crippen LogP contribution is 2.48. The highest BCUT2D eigenvalue weighted by atomic mass is 19.2. The zero-order valence-corrected chi connectivity index (χ0v) is 14.4. The average molecular weight is 362 g/mol. The van der Waals surface area contributed by atoms with Gasteiger partial charge in [0.05, 0.1) is 11.1 Å². The normalized spacial score (nSPS) is 24.5. The summed E-state index contributed by atoms with van der Waals surface area (Å²) in [7, 11) is 0. The Kier molecular flexibility index (Phi) is 4.18. The SMILES string of the molecule is CC1(C)C[C@]2(C=C(C#N)C1=O)CCN(C(=O)c1cc(F)c(F)cc1F)C2. The lowest BCUT2D eigenvalue weighted by Gasteiger charge is -2.38. The molecule has 1 saturated heterocycles. The average Bonchev–Trinajstić information content (AvgIpc) is 2.96. The van der Waals surface area contributed by atoms with Crippen molar-refractivity contribution in [3.8, 4) is 6.07 Å². The molecule has 2 aliphatic rings. The summed E-state index contributed by atoms with van der Waals surface area (Å²) in [4.78, 5) is 26.2. The van der Waals surface area contributed by atoms with Crippen LogP contribution in [0.3, 0.4) is 0 Å². The van der Waals surface area contributed by atoms with Crippen molar-refractivity contribution in [1.82, 2.24) is 4.90 Å². The van der Waals surface area contributed by atoms with E-state index in [2.05, 4.69) is 0 Å². The lowest BCUT2D eigenvalue weighted by molar-refractivity contribution is -0.125. The van der Waals surface area contributed by atoms with Gasteiger partial charge in [-0.3, -0.25) is 9.59 Å². The first-order chi connectivity index (χ1) is 12.1. The molecule has 1 aliphatic carbocycles. The van der Waals surface area contributed by atoms with E-state index in [1.165, 1.54) is 4.90 Å². The zero-order chi connectivity index (χ0) is 19.3. The highest BCUT2D eigenvalue weighted by Gasteiger charge is 2.49. The van der Waals surface area contributed by atoms with Crippen molar-refractivity contribution < 1.29 is 22.8 Å². The molecule has 26 heavy (non-hydrogen) atoms. The predicted octanol–water partition coefficient (Wildman–Crippen LogP) is 3.39. The van der Waals surface area contributed by atoms with Crippen LogP contribution in [0.15, 0.2) is 23.8 Å². The number of carbonyl (C=O) groups is 2. The summed E-state index contributed by atoms with van der Waals surface area (Å²) in [6.45, 7) is 3.96. The number of ketones is 1. The Hall–Kier alpha value is -2.62. The van der Waals surface area contributed by atoms with Crippen molar-refractivity contribution in [2.75, 3.05) is 13.1 Å². The molecule has 1 heterocycles. The first kappa shape index (κ1) is 18.2. The van der Waals surface area contributed by atoms with Crippen LogP contribution in [0, 0.1) is 39.6 Å². The fourth-order valence-electron chi connectivity index (χ4n) is 4.02. The fourth-order valence-corrected chi connectivity index (χ4v) is 4.02. The number of Topliss-reactive ketones (excluding diaryl/α,β-unsaturated/α-hetero) is 1. The third-order valence-electron chi connectivity index (χ3n) is 5.14. The molecular weight excluding hydrogens is 345 g/mol. The van der Waals surface area contributed by atoms with Crippen molar-refractivity contribution in [2.24, 2.45) is 10.8 Å². The van der Waals surface area contributed by atoms with Crippen LogP contribution in [0.4, 0.5) is 13.2 Å². The molecule has 0 radical (unpaired) electrons. The van der Waals surface area contributed by atoms with Crippen molar-refractivity contribution in [3.63, 3.8) is 0 Å². The molecule has 0 unspecified atom stereocenters. The van der Waals surface area contributed by atoms with E-state index in [1.807, 2.05) is 6.07 Å². The number of halogens is 3. The van der Waals surface area contributed by atoms with Gasteiger partial charge in [-0.15, -0.1) is 0 Å². The standard InChI is InChI=1S/C19H17F3N2O2/c1-18(2)9-19(7-11(8-23)16(18)25)3-4-24(10-19)17(26)12-5-14(21)15(22)6-13(12)20/h5-7H,3-4,9-10H2,1-2H3/t19-/m1/s1. The van der Waals surface area contributed by atoms with Gasteiger partial charge in [0.15, 0.2) is 17.4 Å². The smallest absolute Gasteiger partial charge is 0.256 e. The minimum absolute atomic E-state index is 0.0644. The van der Waals surface area contributed by atoms with Gasteiger partial charge in [0, 0.05) is 30.0 Å². The van der Waals surface area contributed by atoms with Crippen LogP contribution in [0.25, 0.3) is 0 Å². The molecule has 0 bridgehead atoms. The van der Waals surface area contributed by atoms with Crippen LogP contribution >= 0.6 is 0 Å².